The number of rotatable bonds is 3. The summed E-state index contributed by atoms with van der Waals surface area (Å²) in [6.07, 6.45) is 1.33. The second kappa shape index (κ2) is 5.16. The van der Waals surface area contributed by atoms with E-state index < -0.39 is 5.97 Å². The number of amides is 1. The van der Waals surface area contributed by atoms with E-state index in [1.807, 2.05) is 0 Å². The zero-order valence-electron chi connectivity index (χ0n) is 12.0. The maximum Gasteiger partial charge on any atom is 0.338 e. The molecule has 3 rings (SSSR count). The van der Waals surface area contributed by atoms with Crippen LogP contribution >= 0.6 is 0 Å². The maximum atomic E-state index is 12.0. The summed E-state index contributed by atoms with van der Waals surface area (Å²) >= 11 is 0. The molecule has 7 nitrogen and oxygen atoms in total. The van der Waals surface area contributed by atoms with Crippen molar-refractivity contribution in [3.63, 3.8) is 0 Å². The molecule has 0 atom stereocenters. The van der Waals surface area contributed by atoms with Crippen molar-refractivity contribution < 1.29 is 14.3 Å². The van der Waals surface area contributed by atoms with Crippen molar-refractivity contribution in [2.45, 2.75) is 19.8 Å². The van der Waals surface area contributed by atoms with Gasteiger partial charge >= 0.3 is 5.97 Å². The average molecular weight is 288 g/mol. The predicted molar refractivity (Wildman–Crippen MR) is 76.1 cm³/mol. The summed E-state index contributed by atoms with van der Waals surface area (Å²) < 4.78 is 6.63. The Kier molecular flexibility index (Phi) is 3.32. The van der Waals surface area contributed by atoms with Crippen LogP contribution in [-0.4, -0.2) is 40.0 Å². The molecule has 1 aliphatic heterocycles. The third kappa shape index (κ3) is 2.24. The Morgan fingerprint density at radius 2 is 2.24 bits per heavy atom. The first kappa shape index (κ1) is 13.5. The van der Waals surface area contributed by atoms with Gasteiger partial charge in [0.1, 0.15) is 5.52 Å². The third-order valence-electron chi connectivity index (χ3n) is 3.57. The highest BCUT2D eigenvalue weighted by molar-refractivity contribution is 6.05. The van der Waals surface area contributed by atoms with E-state index in [1.54, 1.807) is 35.7 Å². The monoisotopic (exact) mass is 288 g/mol. The molecule has 21 heavy (non-hydrogen) atoms. The number of aryl methyl sites for hydroxylation is 1. The van der Waals surface area contributed by atoms with E-state index in [4.69, 9.17) is 4.74 Å². The summed E-state index contributed by atoms with van der Waals surface area (Å²) in [5, 5.41) is 8.09. The Morgan fingerprint density at radius 3 is 2.90 bits per heavy atom. The summed E-state index contributed by atoms with van der Waals surface area (Å²) in [6.45, 7) is 2.70. The molecule has 0 spiro atoms. The fraction of sp³-hybridized carbons (Fsp3) is 0.429. The second-order valence-corrected chi connectivity index (χ2v) is 4.95. The molecule has 0 saturated carbocycles. The standard InChI is InChI=1S/C14H16N4O3/c1-3-21-14(20)9-7-10-13(15-16-17(10)2)11(8-9)18-6-4-5-12(18)19/h7-8H,3-6H2,1-2H3. The van der Waals surface area contributed by atoms with Crippen molar-refractivity contribution in [1.29, 1.82) is 0 Å². The van der Waals surface area contributed by atoms with Gasteiger partial charge in [0.25, 0.3) is 0 Å². The van der Waals surface area contributed by atoms with Crippen LogP contribution in [0.15, 0.2) is 12.1 Å². The Hall–Kier alpha value is -2.44. The largest absolute Gasteiger partial charge is 0.462 e. The van der Waals surface area contributed by atoms with E-state index in [2.05, 4.69) is 10.3 Å². The van der Waals surface area contributed by atoms with Crippen LogP contribution in [0.3, 0.4) is 0 Å². The number of anilines is 1. The molecule has 1 amide bonds. The number of fused-ring (bicyclic) bond motifs is 1. The van der Waals surface area contributed by atoms with Crippen LogP contribution in [0.25, 0.3) is 11.0 Å². The van der Waals surface area contributed by atoms with Gasteiger partial charge in [0.05, 0.1) is 23.4 Å². The Labute approximate surface area is 121 Å². The van der Waals surface area contributed by atoms with Crippen molar-refractivity contribution in [2.75, 3.05) is 18.1 Å². The molecule has 1 aliphatic rings. The minimum atomic E-state index is -0.409. The van der Waals surface area contributed by atoms with Crippen LogP contribution in [0.4, 0.5) is 5.69 Å². The van der Waals surface area contributed by atoms with Gasteiger partial charge in [0.15, 0.2) is 0 Å². The Bertz CT molecular complexity index is 722. The summed E-state index contributed by atoms with van der Waals surface area (Å²) in [4.78, 5) is 25.6. The molecule has 1 fully saturated rings. The van der Waals surface area contributed by atoms with Gasteiger partial charge in [-0.15, -0.1) is 5.10 Å². The minimum Gasteiger partial charge on any atom is -0.462 e. The zero-order chi connectivity index (χ0) is 15.0. The average Bonchev–Trinajstić information content (AvgIpc) is 3.05. The molecule has 1 aromatic heterocycles. The van der Waals surface area contributed by atoms with E-state index in [1.165, 1.54) is 0 Å². The first-order chi connectivity index (χ1) is 10.1. The highest BCUT2D eigenvalue weighted by Gasteiger charge is 2.26. The SMILES string of the molecule is CCOC(=O)c1cc(N2CCCC2=O)c2nnn(C)c2c1. The number of benzene rings is 1. The number of hydrogen-bond donors (Lipinski definition) is 0. The molecule has 7 heteroatoms. The molecule has 2 aromatic rings. The van der Waals surface area contributed by atoms with Crippen molar-refractivity contribution in [1.82, 2.24) is 15.0 Å². The first-order valence-electron chi connectivity index (χ1n) is 6.92. The van der Waals surface area contributed by atoms with Crippen LogP contribution in [0, 0.1) is 0 Å². The maximum absolute atomic E-state index is 12.0. The van der Waals surface area contributed by atoms with Crippen molar-refractivity contribution in [2.24, 2.45) is 7.05 Å². The van der Waals surface area contributed by atoms with E-state index in [0.29, 0.717) is 41.9 Å². The lowest BCUT2D eigenvalue weighted by molar-refractivity contribution is -0.117. The molecule has 110 valence electrons. The van der Waals surface area contributed by atoms with Gasteiger partial charge in [-0.1, -0.05) is 5.21 Å². The Balaban J connectivity index is 2.16. The fourth-order valence-electron chi connectivity index (χ4n) is 2.55. The summed E-state index contributed by atoms with van der Waals surface area (Å²) in [6, 6.07) is 3.36. The first-order valence-corrected chi connectivity index (χ1v) is 6.92. The topological polar surface area (TPSA) is 77.3 Å². The number of hydrogen-bond acceptors (Lipinski definition) is 5. The van der Waals surface area contributed by atoms with Crippen LogP contribution in [0.1, 0.15) is 30.1 Å². The Morgan fingerprint density at radius 1 is 1.43 bits per heavy atom. The quantitative estimate of drug-likeness (QED) is 0.795. The molecule has 0 N–H and O–H groups in total. The van der Waals surface area contributed by atoms with Crippen molar-refractivity contribution in [3.05, 3.63) is 17.7 Å². The second-order valence-electron chi connectivity index (χ2n) is 4.95. The normalized spacial score (nSPS) is 15.0. The summed E-state index contributed by atoms with van der Waals surface area (Å²) in [5.74, 6) is -0.364. The van der Waals surface area contributed by atoms with Crippen molar-refractivity contribution in [3.8, 4) is 0 Å². The molecule has 0 bridgehead atoms. The molecular weight excluding hydrogens is 272 g/mol. The number of carbonyl (C=O) groups excluding carboxylic acids is 2. The van der Waals surface area contributed by atoms with Crippen LogP contribution in [-0.2, 0) is 16.6 Å². The number of aromatic nitrogens is 3. The van der Waals surface area contributed by atoms with Gasteiger partial charge in [0, 0.05) is 20.0 Å². The molecule has 0 unspecified atom stereocenters. The third-order valence-corrected chi connectivity index (χ3v) is 3.57. The van der Waals surface area contributed by atoms with E-state index >= 15 is 0 Å². The number of ether oxygens (including phenoxy) is 1. The molecule has 0 radical (unpaired) electrons. The smallest absolute Gasteiger partial charge is 0.338 e. The van der Waals surface area contributed by atoms with Crippen LogP contribution in [0.2, 0.25) is 0 Å². The lowest BCUT2D eigenvalue weighted by Gasteiger charge is -2.17. The minimum absolute atomic E-state index is 0.0444. The van der Waals surface area contributed by atoms with Crippen LogP contribution < -0.4 is 4.90 Å². The lowest BCUT2D eigenvalue weighted by Crippen LogP contribution is -2.24. The van der Waals surface area contributed by atoms with Gasteiger partial charge in [-0.3, -0.25) is 4.79 Å². The van der Waals surface area contributed by atoms with Gasteiger partial charge in [-0.25, -0.2) is 9.48 Å². The van der Waals surface area contributed by atoms with Crippen molar-refractivity contribution >= 4 is 28.6 Å². The van der Waals surface area contributed by atoms with Gasteiger partial charge in [-0.05, 0) is 25.5 Å². The van der Waals surface area contributed by atoms with E-state index in [-0.39, 0.29) is 5.91 Å². The molecule has 0 aliphatic carbocycles. The summed E-state index contributed by atoms with van der Waals surface area (Å²) in [5.41, 5.74) is 2.37. The lowest BCUT2D eigenvalue weighted by atomic mass is 10.1. The summed E-state index contributed by atoms with van der Waals surface area (Å²) in [7, 11) is 1.75. The molecule has 2 heterocycles. The highest BCUT2D eigenvalue weighted by atomic mass is 16.5. The van der Waals surface area contributed by atoms with Gasteiger partial charge in [-0.2, -0.15) is 0 Å². The predicted octanol–water partition coefficient (Wildman–Crippen LogP) is 1.27. The van der Waals surface area contributed by atoms with Gasteiger partial charge < -0.3 is 9.64 Å². The number of nitrogens with zero attached hydrogens (tertiary/aromatic N) is 4. The molecule has 1 saturated heterocycles. The van der Waals surface area contributed by atoms with E-state index in [9.17, 15) is 9.59 Å². The fourth-order valence-corrected chi connectivity index (χ4v) is 2.55. The number of esters is 1. The molecular formula is C14H16N4O3. The van der Waals surface area contributed by atoms with E-state index in [0.717, 1.165) is 6.42 Å². The zero-order valence-corrected chi connectivity index (χ0v) is 12.0. The van der Waals surface area contributed by atoms with Crippen LogP contribution in [0.5, 0.6) is 0 Å². The number of carbonyl (C=O) groups is 2. The highest BCUT2D eigenvalue weighted by Crippen LogP contribution is 2.30. The molecule has 1 aromatic carbocycles. The van der Waals surface area contributed by atoms with Gasteiger partial charge in [0.2, 0.25) is 5.91 Å².